The van der Waals surface area contributed by atoms with Gasteiger partial charge in [-0.25, -0.2) is 0 Å². The average Bonchev–Trinajstić information content (AvgIpc) is 2.65. The predicted octanol–water partition coefficient (Wildman–Crippen LogP) is 6.17. The SMILES string of the molecule is O=C1CCCC2=C1C(c1ccc(Cl)cc1)CC(=O)N2c1cccc(Cl)c1Cl. The van der Waals surface area contributed by atoms with Gasteiger partial charge in [0.25, 0.3) is 0 Å². The maximum Gasteiger partial charge on any atom is 0.232 e. The van der Waals surface area contributed by atoms with Gasteiger partial charge in [0, 0.05) is 35.1 Å². The fourth-order valence-electron chi connectivity index (χ4n) is 3.92. The van der Waals surface area contributed by atoms with Gasteiger partial charge in [-0.3, -0.25) is 14.5 Å². The molecule has 1 atom stereocenters. The largest absolute Gasteiger partial charge is 0.294 e. The lowest BCUT2D eigenvalue weighted by molar-refractivity contribution is -0.119. The fourth-order valence-corrected chi connectivity index (χ4v) is 4.42. The van der Waals surface area contributed by atoms with Crippen molar-refractivity contribution < 1.29 is 9.59 Å². The Morgan fingerprint density at radius 3 is 2.41 bits per heavy atom. The number of hydrogen-bond acceptors (Lipinski definition) is 2. The molecule has 0 N–H and O–H groups in total. The summed E-state index contributed by atoms with van der Waals surface area (Å²) in [6, 6.07) is 12.5. The third-order valence-corrected chi connectivity index (χ3v) is 6.18. The van der Waals surface area contributed by atoms with Gasteiger partial charge in [0.2, 0.25) is 5.91 Å². The summed E-state index contributed by atoms with van der Waals surface area (Å²) in [4.78, 5) is 27.5. The van der Waals surface area contributed by atoms with Crippen molar-refractivity contribution in [3.8, 4) is 0 Å². The van der Waals surface area contributed by atoms with Crippen LogP contribution < -0.4 is 4.90 Å². The van der Waals surface area contributed by atoms with E-state index in [4.69, 9.17) is 34.8 Å². The number of anilines is 1. The first-order valence-corrected chi connectivity index (χ1v) is 9.89. The van der Waals surface area contributed by atoms with E-state index >= 15 is 0 Å². The van der Waals surface area contributed by atoms with E-state index in [1.54, 1.807) is 35.2 Å². The van der Waals surface area contributed by atoms with Crippen molar-refractivity contribution in [1.29, 1.82) is 0 Å². The van der Waals surface area contributed by atoms with Gasteiger partial charge in [-0.05, 0) is 42.7 Å². The third-order valence-electron chi connectivity index (χ3n) is 5.12. The predicted molar refractivity (Wildman–Crippen MR) is 109 cm³/mol. The Bertz CT molecular complexity index is 966. The maximum absolute atomic E-state index is 13.1. The first-order valence-electron chi connectivity index (χ1n) is 8.76. The van der Waals surface area contributed by atoms with Gasteiger partial charge >= 0.3 is 0 Å². The number of allylic oxidation sites excluding steroid dienone is 2. The number of Topliss-reactive ketones (excluding diaryl/α,β-unsaturated/α-hetero) is 1. The number of benzene rings is 2. The van der Waals surface area contributed by atoms with Gasteiger partial charge in [0.1, 0.15) is 0 Å². The van der Waals surface area contributed by atoms with Gasteiger partial charge in [-0.1, -0.05) is 53.0 Å². The molecule has 0 spiro atoms. The molecular formula is C21H16Cl3NO2. The van der Waals surface area contributed by atoms with Crippen molar-refractivity contribution in [3.63, 3.8) is 0 Å². The van der Waals surface area contributed by atoms with Crippen LogP contribution in [-0.2, 0) is 9.59 Å². The third kappa shape index (κ3) is 3.29. The molecule has 1 amide bonds. The molecule has 0 saturated heterocycles. The molecule has 2 aliphatic rings. The normalized spacial score (nSPS) is 20.1. The molecule has 0 radical (unpaired) electrons. The number of carbonyl (C=O) groups excluding carboxylic acids is 2. The van der Waals surface area contributed by atoms with Crippen LogP contribution in [0.2, 0.25) is 15.1 Å². The van der Waals surface area contributed by atoms with E-state index in [0.29, 0.717) is 45.6 Å². The van der Waals surface area contributed by atoms with Crippen LogP contribution in [-0.4, -0.2) is 11.7 Å². The summed E-state index contributed by atoms with van der Waals surface area (Å²) in [6.45, 7) is 0. The van der Waals surface area contributed by atoms with Gasteiger partial charge in [0.15, 0.2) is 5.78 Å². The molecule has 1 heterocycles. The summed E-state index contributed by atoms with van der Waals surface area (Å²) < 4.78 is 0. The Labute approximate surface area is 172 Å². The number of ketones is 1. The summed E-state index contributed by atoms with van der Waals surface area (Å²) in [5.74, 6) is -0.258. The smallest absolute Gasteiger partial charge is 0.232 e. The van der Waals surface area contributed by atoms with Gasteiger partial charge < -0.3 is 0 Å². The average molecular weight is 421 g/mol. The number of nitrogens with zero attached hydrogens (tertiary/aromatic N) is 1. The molecule has 0 aromatic heterocycles. The van der Waals surface area contributed by atoms with E-state index in [1.807, 2.05) is 12.1 Å². The molecule has 2 aromatic carbocycles. The van der Waals surface area contributed by atoms with Crippen LogP contribution in [0.15, 0.2) is 53.7 Å². The minimum atomic E-state index is -0.258. The summed E-state index contributed by atoms with van der Waals surface area (Å²) in [5, 5.41) is 1.32. The Balaban J connectivity index is 1.88. The van der Waals surface area contributed by atoms with E-state index in [0.717, 1.165) is 11.3 Å². The van der Waals surface area contributed by atoms with Gasteiger partial charge in [-0.2, -0.15) is 0 Å². The monoisotopic (exact) mass is 419 g/mol. The molecule has 138 valence electrons. The summed E-state index contributed by atoms with van der Waals surface area (Å²) >= 11 is 18.5. The Kier molecular flexibility index (Phi) is 5.02. The zero-order valence-corrected chi connectivity index (χ0v) is 16.6. The summed E-state index contributed by atoms with van der Waals surface area (Å²) in [5.41, 5.74) is 2.91. The second-order valence-electron chi connectivity index (χ2n) is 6.75. The number of halogens is 3. The van der Waals surface area contributed by atoms with Crippen molar-refractivity contribution in [2.75, 3.05) is 4.90 Å². The topological polar surface area (TPSA) is 37.4 Å². The highest BCUT2D eigenvalue weighted by Gasteiger charge is 2.40. The van der Waals surface area contributed by atoms with Gasteiger partial charge in [-0.15, -0.1) is 0 Å². The number of rotatable bonds is 2. The molecular weight excluding hydrogens is 405 g/mol. The Morgan fingerprint density at radius 1 is 0.926 bits per heavy atom. The van der Waals surface area contributed by atoms with E-state index in [-0.39, 0.29) is 24.0 Å². The van der Waals surface area contributed by atoms with Crippen LogP contribution in [0.5, 0.6) is 0 Å². The van der Waals surface area contributed by atoms with Crippen LogP contribution in [0, 0.1) is 0 Å². The highest BCUT2D eigenvalue weighted by Crippen LogP contribution is 2.45. The van der Waals surface area contributed by atoms with E-state index in [1.165, 1.54) is 0 Å². The molecule has 3 nitrogen and oxygen atoms in total. The highest BCUT2D eigenvalue weighted by atomic mass is 35.5. The van der Waals surface area contributed by atoms with Crippen molar-refractivity contribution in [2.24, 2.45) is 0 Å². The van der Waals surface area contributed by atoms with Gasteiger partial charge in [0.05, 0.1) is 15.7 Å². The molecule has 0 bridgehead atoms. The van der Waals surface area contributed by atoms with Crippen LogP contribution in [0.3, 0.4) is 0 Å². The first kappa shape index (κ1) is 18.5. The zero-order chi connectivity index (χ0) is 19.1. The van der Waals surface area contributed by atoms with Crippen molar-refractivity contribution in [3.05, 3.63) is 74.4 Å². The highest BCUT2D eigenvalue weighted by molar-refractivity contribution is 6.44. The lowest BCUT2D eigenvalue weighted by Gasteiger charge is -2.38. The lowest BCUT2D eigenvalue weighted by atomic mass is 9.77. The first-order chi connectivity index (χ1) is 13.0. The molecule has 4 rings (SSSR count). The quantitative estimate of drug-likeness (QED) is 0.582. The fraction of sp³-hybridized carbons (Fsp3) is 0.238. The molecule has 1 aliphatic heterocycles. The van der Waals surface area contributed by atoms with Crippen LogP contribution in [0.25, 0.3) is 0 Å². The standard InChI is InChI=1S/C21H16Cl3NO2/c22-13-9-7-12(8-10-13)14-11-19(27)25(16-4-2-6-18(26)20(14)16)17-5-1-3-15(23)21(17)24/h1,3,5,7-10,14H,2,4,6,11H2. The summed E-state index contributed by atoms with van der Waals surface area (Å²) in [6.07, 6.45) is 2.07. The molecule has 1 aliphatic carbocycles. The molecule has 27 heavy (non-hydrogen) atoms. The van der Waals surface area contributed by atoms with E-state index in [9.17, 15) is 9.59 Å². The van der Waals surface area contributed by atoms with E-state index in [2.05, 4.69) is 0 Å². The number of amides is 1. The molecule has 6 heteroatoms. The maximum atomic E-state index is 13.1. The van der Waals surface area contributed by atoms with Crippen LogP contribution in [0.4, 0.5) is 5.69 Å². The zero-order valence-electron chi connectivity index (χ0n) is 14.3. The molecule has 0 saturated carbocycles. The second-order valence-corrected chi connectivity index (χ2v) is 7.97. The Morgan fingerprint density at radius 2 is 1.67 bits per heavy atom. The minimum absolute atomic E-state index is 0.0897. The molecule has 0 fully saturated rings. The lowest BCUT2D eigenvalue weighted by Crippen LogP contribution is -2.40. The number of carbonyl (C=O) groups is 2. The summed E-state index contributed by atoms with van der Waals surface area (Å²) in [7, 11) is 0. The molecule has 1 unspecified atom stereocenters. The van der Waals surface area contributed by atoms with E-state index < -0.39 is 0 Å². The Hall–Kier alpha value is -1.81. The van der Waals surface area contributed by atoms with Crippen LogP contribution >= 0.6 is 34.8 Å². The number of hydrogen-bond donors (Lipinski definition) is 0. The van der Waals surface area contributed by atoms with Crippen molar-refractivity contribution in [1.82, 2.24) is 0 Å². The minimum Gasteiger partial charge on any atom is -0.294 e. The molecule has 2 aromatic rings. The van der Waals surface area contributed by atoms with Crippen LogP contribution in [0.1, 0.15) is 37.2 Å². The second kappa shape index (κ2) is 7.31. The van der Waals surface area contributed by atoms with Crippen molar-refractivity contribution >= 4 is 52.2 Å². The van der Waals surface area contributed by atoms with Crippen molar-refractivity contribution in [2.45, 2.75) is 31.6 Å².